The molecule has 0 bridgehead atoms. The number of aromatic nitrogens is 6. The molecule has 0 aliphatic heterocycles. The van der Waals surface area contributed by atoms with Crippen LogP contribution in [0.5, 0.6) is 0 Å². The first-order valence-electron chi connectivity index (χ1n) is 15.3. The van der Waals surface area contributed by atoms with Gasteiger partial charge in [0.25, 0.3) is 0 Å². The predicted octanol–water partition coefficient (Wildman–Crippen LogP) is 9.82. The molecule has 2 heterocycles. The molecule has 12 nitrogen and oxygen atoms in total. The van der Waals surface area contributed by atoms with E-state index in [-0.39, 0.29) is 22.5 Å². The van der Waals surface area contributed by atoms with E-state index >= 15 is 0 Å². The Morgan fingerprint density at radius 1 is 0.260 bits per heavy atom. The van der Waals surface area contributed by atoms with Crippen LogP contribution < -0.4 is 31.9 Å². The summed E-state index contributed by atoms with van der Waals surface area (Å²) in [7, 11) is 0. The Hall–Kier alpha value is -6.50. The third kappa shape index (κ3) is 8.89. The van der Waals surface area contributed by atoms with Crippen molar-refractivity contribution in [2.45, 2.75) is 0 Å². The number of nitrogens with one attached hydrogen (secondary N) is 6. The number of hydrogen-bond acceptors (Lipinski definition) is 12. The van der Waals surface area contributed by atoms with Gasteiger partial charge >= 0.3 is 0 Å². The van der Waals surface area contributed by atoms with E-state index in [1.54, 1.807) is 0 Å². The fraction of sp³-hybridized carbons (Fsp3) is 0. The second-order valence-electron chi connectivity index (χ2n) is 10.7. The Balaban J connectivity index is 0.955. The number of anilines is 12. The van der Waals surface area contributed by atoms with Gasteiger partial charge in [-0.15, -0.1) is 0 Å². The third-order valence-corrected chi connectivity index (χ3v) is 7.36. The van der Waals surface area contributed by atoms with E-state index in [0.29, 0.717) is 11.9 Å². The van der Waals surface area contributed by atoms with Gasteiger partial charge in [-0.3, -0.25) is 0 Å². The molecule has 0 aliphatic rings. The van der Waals surface area contributed by atoms with E-state index in [1.807, 2.05) is 133 Å². The lowest BCUT2D eigenvalue weighted by atomic mass is 10.2. The summed E-state index contributed by atoms with van der Waals surface area (Å²) in [5.74, 6) is 1.15. The van der Waals surface area contributed by atoms with Crippen molar-refractivity contribution in [2.75, 3.05) is 31.9 Å². The molecule has 50 heavy (non-hydrogen) atoms. The molecule has 6 N–H and O–H groups in total. The number of rotatable bonds is 12. The average Bonchev–Trinajstić information content (AvgIpc) is 3.11. The van der Waals surface area contributed by atoms with E-state index in [4.69, 9.17) is 23.2 Å². The molecule has 0 atom stereocenters. The molecule has 0 unspecified atom stereocenters. The quantitative estimate of drug-likeness (QED) is 0.0721. The minimum atomic E-state index is 0.0431. The van der Waals surface area contributed by atoms with Crippen LogP contribution in [-0.2, 0) is 0 Å². The lowest BCUT2D eigenvalue weighted by Crippen LogP contribution is -2.05. The van der Waals surface area contributed by atoms with Crippen LogP contribution >= 0.6 is 23.2 Å². The topological polar surface area (TPSA) is 150 Å². The molecule has 5 aromatic carbocycles. The third-order valence-electron chi connectivity index (χ3n) is 7.02. The summed E-state index contributed by atoms with van der Waals surface area (Å²) in [6, 6.07) is 42.8. The fourth-order valence-electron chi connectivity index (χ4n) is 4.73. The van der Waals surface area contributed by atoms with Crippen LogP contribution in [0.1, 0.15) is 0 Å². The fourth-order valence-corrected chi connectivity index (χ4v) is 5.05. The second kappa shape index (κ2) is 15.2. The standard InChI is InChI=1S/C36H28Cl2N12/c37-31-45-33(41-27-15-11-25(12-16-27)39-23-7-3-1-4-8-23)49-35(47-31)43-29-19-21-30(22-20-29)44-36-48-32(38)46-34(50-36)42-28-17-13-26(14-18-28)40-24-9-5-2-6-10-24/h1-22,39-40H,(H2,41,43,45,47,49)(H2,42,44,46,48,50). The van der Waals surface area contributed by atoms with Crippen molar-refractivity contribution >= 4 is 92.5 Å². The van der Waals surface area contributed by atoms with E-state index in [2.05, 4.69) is 61.8 Å². The first-order chi connectivity index (χ1) is 24.5. The van der Waals surface area contributed by atoms with Gasteiger partial charge in [-0.1, -0.05) is 36.4 Å². The molecule has 0 radical (unpaired) electrons. The van der Waals surface area contributed by atoms with Gasteiger partial charge in [0.15, 0.2) is 0 Å². The maximum Gasteiger partial charge on any atom is 0.233 e. The van der Waals surface area contributed by atoms with Crippen LogP contribution in [0.15, 0.2) is 133 Å². The Bertz CT molecular complexity index is 2010. The zero-order valence-electron chi connectivity index (χ0n) is 26.1. The molecule has 0 fully saturated rings. The average molecular weight is 700 g/mol. The van der Waals surface area contributed by atoms with Crippen molar-refractivity contribution < 1.29 is 0 Å². The highest BCUT2D eigenvalue weighted by Gasteiger charge is 2.09. The molecule has 0 amide bonds. The largest absolute Gasteiger partial charge is 0.356 e. The van der Waals surface area contributed by atoms with Gasteiger partial charge in [0.2, 0.25) is 34.4 Å². The van der Waals surface area contributed by atoms with Crippen LogP contribution in [-0.4, -0.2) is 29.9 Å². The molecule has 7 aromatic rings. The summed E-state index contributed by atoms with van der Waals surface area (Å²) in [5.41, 5.74) is 6.93. The van der Waals surface area contributed by atoms with Crippen molar-refractivity contribution in [1.82, 2.24) is 29.9 Å². The molecule has 246 valence electrons. The van der Waals surface area contributed by atoms with Crippen LogP contribution in [0, 0.1) is 0 Å². The van der Waals surface area contributed by atoms with Gasteiger partial charge in [0, 0.05) is 45.5 Å². The van der Waals surface area contributed by atoms with Gasteiger partial charge in [-0.2, -0.15) is 29.9 Å². The number of halogens is 2. The van der Waals surface area contributed by atoms with Crippen LogP contribution in [0.3, 0.4) is 0 Å². The van der Waals surface area contributed by atoms with Crippen LogP contribution in [0.4, 0.5) is 69.3 Å². The molecular weight excluding hydrogens is 671 g/mol. The SMILES string of the molecule is Clc1nc(Nc2ccc(Nc3ccccc3)cc2)nc(Nc2ccc(Nc3nc(Cl)nc(Nc4ccc(Nc5ccccc5)cc4)n3)cc2)n1. The van der Waals surface area contributed by atoms with E-state index in [9.17, 15) is 0 Å². The van der Waals surface area contributed by atoms with E-state index in [1.165, 1.54) is 0 Å². The van der Waals surface area contributed by atoms with Gasteiger partial charge in [0.05, 0.1) is 0 Å². The summed E-state index contributed by atoms with van der Waals surface area (Å²) in [5, 5.41) is 19.5. The molecule has 0 saturated heterocycles. The maximum absolute atomic E-state index is 6.23. The minimum absolute atomic E-state index is 0.0431. The predicted molar refractivity (Wildman–Crippen MR) is 202 cm³/mol. The highest BCUT2D eigenvalue weighted by molar-refractivity contribution is 6.28. The Kier molecular flexibility index (Phi) is 9.72. The van der Waals surface area contributed by atoms with Crippen molar-refractivity contribution in [2.24, 2.45) is 0 Å². The normalized spacial score (nSPS) is 10.6. The lowest BCUT2D eigenvalue weighted by Gasteiger charge is -2.11. The highest BCUT2D eigenvalue weighted by Crippen LogP contribution is 2.25. The van der Waals surface area contributed by atoms with Gasteiger partial charge in [-0.05, 0) is 120 Å². The first kappa shape index (κ1) is 32.1. The molecule has 2 aromatic heterocycles. The Morgan fingerprint density at radius 2 is 0.480 bits per heavy atom. The van der Waals surface area contributed by atoms with E-state index < -0.39 is 0 Å². The minimum Gasteiger partial charge on any atom is -0.356 e. The zero-order valence-corrected chi connectivity index (χ0v) is 27.7. The Morgan fingerprint density at radius 3 is 0.740 bits per heavy atom. The monoisotopic (exact) mass is 698 g/mol. The molecule has 0 aliphatic carbocycles. The number of hydrogen-bond donors (Lipinski definition) is 6. The van der Waals surface area contributed by atoms with Crippen molar-refractivity contribution in [1.29, 1.82) is 0 Å². The number of benzene rings is 5. The Labute approximate surface area is 297 Å². The van der Waals surface area contributed by atoms with Gasteiger partial charge in [-0.25, -0.2) is 0 Å². The van der Waals surface area contributed by atoms with Crippen molar-refractivity contribution in [3.8, 4) is 0 Å². The smallest absolute Gasteiger partial charge is 0.233 e. The molecule has 0 saturated carbocycles. The van der Waals surface area contributed by atoms with Crippen LogP contribution in [0.2, 0.25) is 10.6 Å². The van der Waals surface area contributed by atoms with Crippen LogP contribution in [0.25, 0.3) is 0 Å². The summed E-state index contributed by atoms with van der Waals surface area (Å²) in [4.78, 5) is 25.8. The summed E-state index contributed by atoms with van der Waals surface area (Å²) >= 11 is 12.5. The molecule has 0 spiro atoms. The molecule has 14 heteroatoms. The molecular formula is C36H28Cl2N12. The number of para-hydroxylation sites is 2. The second-order valence-corrected chi connectivity index (χ2v) is 11.4. The number of nitrogens with zero attached hydrogens (tertiary/aromatic N) is 6. The van der Waals surface area contributed by atoms with Crippen molar-refractivity contribution in [3.63, 3.8) is 0 Å². The summed E-state index contributed by atoms with van der Waals surface area (Å²) in [6.07, 6.45) is 0. The zero-order chi connectivity index (χ0) is 34.1. The molecule has 7 rings (SSSR count). The summed E-state index contributed by atoms with van der Waals surface area (Å²) < 4.78 is 0. The maximum atomic E-state index is 6.23. The van der Waals surface area contributed by atoms with Gasteiger partial charge < -0.3 is 31.9 Å². The van der Waals surface area contributed by atoms with Crippen molar-refractivity contribution in [3.05, 3.63) is 144 Å². The first-order valence-corrected chi connectivity index (χ1v) is 16.1. The lowest BCUT2D eigenvalue weighted by molar-refractivity contribution is 1.06. The van der Waals surface area contributed by atoms with E-state index in [0.717, 1.165) is 45.5 Å². The highest BCUT2D eigenvalue weighted by atomic mass is 35.5. The summed E-state index contributed by atoms with van der Waals surface area (Å²) in [6.45, 7) is 0. The van der Waals surface area contributed by atoms with Gasteiger partial charge in [0.1, 0.15) is 0 Å².